The van der Waals surface area contributed by atoms with Gasteiger partial charge in [0.15, 0.2) is 0 Å². The number of methoxy groups -OCH3 is 1. The molecular weight excluding hydrogens is 711 g/mol. The topological polar surface area (TPSA) is 157 Å². The van der Waals surface area contributed by atoms with Crippen LogP contribution in [0.1, 0.15) is 58.9 Å². The van der Waals surface area contributed by atoms with E-state index in [1.807, 2.05) is 29.9 Å². The predicted molar refractivity (Wildman–Crippen MR) is 199 cm³/mol. The second kappa shape index (κ2) is 18.9. The first kappa shape index (κ1) is 39.6. The van der Waals surface area contributed by atoms with Gasteiger partial charge in [0.05, 0.1) is 55.3 Å². The predicted octanol–water partition coefficient (Wildman–Crippen LogP) is 5.54. The molecule has 0 amide bonds. The van der Waals surface area contributed by atoms with E-state index in [1.165, 1.54) is 0 Å². The first-order valence-corrected chi connectivity index (χ1v) is 18.1. The fraction of sp³-hybridized carbons (Fsp3) is 0.600. The molecule has 0 radical (unpaired) electrons. The summed E-state index contributed by atoms with van der Waals surface area (Å²) >= 11 is 6.47. The van der Waals surface area contributed by atoms with Crippen LogP contribution in [0.5, 0.6) is 11.6 Å². The van der Waals surface area contributed by atoms with Crippen LogP contribution in [0.4, 0.5) is 11.6 Å². The van der Waals surface area contributed by atoms with Crippen molar-refractivity contribution < 1.29 is 23.7 Å². The highest BCUT2D eigenvalue weighted by Crippen LogP contribution is 2.41. The number of hydrogen-bond donors (Lipinski definition) is 2. The fourth-order valence-electron chi connectivity index (χ4n) is 6.80. The SMILES string of the molecule is COCCOCCCOc1nn(C2CCC([C@@]3(C)CNC[C@@H](C)O3)CC2)cc1Nc1ncc(-c2ccc(Cl)c(OC(C)Cn3cnnn3)c2)cn1.Cl. The molecule has 3 aromatic heterocycles. The lowest BCUT2D eigenvalue weighted by Gasteiger charge is -2.46. The van der Waals surface area contributed by atoms with Crippen LogP contribution in [0.15, 0.2) is 43.1 Å². The van der Waals surface area contributed by atoms with Crippen LogP contribution >= 0.6 is 24.0 Å². The standard InChI is InChI=1S/C35H49ClN10O5.ClH/c1-24-17-37-22-35(3,51-24)28-7-9-29(10-8-28)46-21-31(33(42-46)49-13-5-12-48-15-14-47-4)41-34-38-18-27(19-39-34)26-6-11-30(36)32(16-26)50-25(2)20-45-23-40-43-44-45;/h6,11,16,18-19,21,23-25,28-29,37H,5,7-10,12-15,17,20,22H2,1-4H3,(H,38,39,41);1H/t24-,25?,28?,29?,35-;/m1./s1. The number of tetrazole rings is 1. The van der Waals surface area contributed by atoms with E-state index in [-0.39, 0.29) is 36.3 Å². The second-order valence-electron chi connectivity index (χ2n) is 13.5. The third-order valence-corrected chi connectivity index (χ3v) is 9.75. The zero-order valence-corrected chi connectivity index (χ0v) is 31.8. The van der Waals surface area contributed by atoms with Crippen molar-refractivity contribution in [2.24, 2.45) is 5.92 Å². The molecule has 1 aliphatic carbocycles. The molecule has 52 heavy (non-hydrogen) atoms. The lowest BCUT2D eigenvalue weighted by atomic mass is 9.75. The molecule has 0 bridgehead atoms. The third-order valence-electron chi connectivity index (χ3n) is 9.44. The molecule has 1 aliphatic heterocycles. The zero-order chi connectivity index (χ0) is 35.6. The van der Waals surface area contributed by atoms with Crippen LogP contribution in [0.25, 0.3) is 11.1 Å². The number of anilines is 2. The van der Waals surface area contributed by atoms with Crippen LogP contribution in [0.3, 0.4) is 0 Å². The molecule has 0 spiro atoms. The highest BCUT2D eigenvalue weighted by Gasteiger charge is 2.41. The summed E-state index contributed by atoms with van der Waals surface area (Å²) in [6.45, 7) is 10.8. The van der Waals surface area contributed by atoms with Gasteiger partial charge in [0.25, 0.3) is 5.88 Å². The minimum atomic E-state index is -0.213. The lowest BCUT2D eigenvalue weighted by molar-refractivity contribution is -0.138. The Bertz CT molecular complexity index is 1660. The summed E-state index contributed by atoms with van der Waals surface area (Å²) < 4.78 is 33.1. The summed E-state index contributed by atoms with van der Waals surface area (Å²) in [5, 5.41) is 23.6. The molecular formula is C35H50Cl2N10O5. The van der Waals surface area contributed by atoms with Gasteiger partial charge in [-0.3, -0.25) is 4.68 Å². The quantitative estimate of drug-likeness (QED) is 0.129. The maximum atomic E-state index is 6.47. The molecule has 3 atom stereocenters. The number of morpholine rings is 1. The Hall–Kier alpha value is -3.60. The van der Waals surface area contributed by atoms with Crippen LogP contribution in [-0.4, -0.2) is 104 Å². The molecule has 4 aromatic rings. The minimum Gasteiger partial charge on any atom is -0.487 e. The Kier molecular flexibility index (Phi) is 14.4. The summed E-state index contributed by atoms with van der Waals surface area (Å²) in [5.74, 6) is 1.99. The molecule has 17 heteroatoms. The third kappa shape index (κ3) is 10.5. The Morgan fingerprint density at radius 2 is 1.90 bits per heavy atom. The maximum Gasteiger partial charge on any atom is 0.256 e. The molecule has 1 aromatic carbocycles. The highest BCUT2D eigenvalue weighted by molar-refractivity contribution is 6.32. The molecule has 2 aliphatic rings. The number of nitrogens with zero attached hydrogens (tertiary/aromatic N) is 8. The Morgan fingerprint density at radius 3 is 2.63 bits per heavy atom. The van der Waals surface area contributed by atoms with Crippen LogP contribution in [0, 0.1) is 5.92 Å². The smallest absolute Gasteiger partial charge is 0.256 e. The van der Waals surface area contributed by atoms with E-state index in [2.05, 4.69) is 50.0 Å². The molecule has 1 unspecified atom stereocenters. The van der Waals surface area contributed by atoms with Crippen molar-refractivity contribution in [2.45, 2.75) is 83.3 Å². The van der Waals surface area contributed by atoms with Gasteiger partial charge >= 0.3 is 0 Å². The monoisotopic (exact) mass is 760 g/mol. The van der Waals surface area contributed by atoms with E-state index >= 15 is 0 Å². The first-order valence-electron chi connectivity index (χ1n) is 17.7. The molecule has 4 heterocycles. The molecule has 284 valence electrons. The van der Waals surface area contributed by atoms with Crippen LogP contribution < -0.4 is 20.1 Å². The maximum absolute atomic E-state index is 6.47. The molecule has 2 fully saturated rings. The number of rotatable bonds is 17. The summed E-state index contributed by atoms with van der Waals surface area (Å²) in [6, 6.07) is 5.85. The van der Waals surface area contributed by atoms with E-state index in [9.17, 15) is 0 Å². The average molecular weight is 762 g/mol. The van der Waals surface area contributed by atoms with Crippen molar-refractivity contribution in [1.29, 1.82) is 0 Å². The van der Waals surface area contributed by atoms with Gasteiger partial charge in [-0.1, -0.05) is 17.7 Å². The number of hydrogen-bond acceptors (Lipinski definition) is 13. The summed E-state index contributed by atoms with van der Waals surface area (Å²) in [4.78, 5) is 9.25. The lowest BCUT2D eigenvalue weighted by Crippen LogP contribution is -2.55. The number of aromatic nitrogens is 8. The van der Waals surface area contributed by atoms with Gasteiger partial charge in [-0.05, 0) is 80.5 Å². The van der Waals surface area contributed by atoms with E-state index < -0.39 is 0 Å². The molecule has 6 rings (SSSR count). The van der Waals surface area contributed by atoms with E-state index in [1.54, 1.807) is 36.6 Å². The fourth-order valence-corrected chi connectivity index (χ4v) is 6.97. The van der Waals surface area contributed by atoms with E-state index in [0.717, 1.165) is 56.3 Å². The van der Waals surface area contributed by atoms with Crippen molar-refractivity contribution in [3.8, 4) is 22.8 Å². The largest absolute Gasteiger partial charge is 0.487 e. The number of benzene rings is 1. The Labute approximate surface area is 315 Å². The molecule has 2 N–H and O–H groups in total. The number of halogens is 2. The molecule has 15 nitrogen and oxygen atoms in total. The summed E-state index contributed by atoms with van der Waals surface area (Å²) in [6.07, 6.45) is 12.0. The Balaban J connectivity index is 0.00000523. The molecule has 1 saturated heterocycles. The van der Waals surface area contributed by atoms with Crippen molar-refractivity contribution in [1.82, 2.24) is 45.3 Å². The van der Waals surface area contributed by atoms with Gasteiger partial charge in [-0.2, -0.15) is 0 Å². The van der Waals surface area contributed by atoms with Crippen molar-refractivity contribution in [2.75, 3.05) is 51.9 Å². The van der Waals surface area contributed by atoms with Gasteiger partial charge in [-0.15, -0.1) is 22.6 Å². The van der Waals surface area contributed by atoms with E-state index in [0.29, 0.717) is 67.2 Å². The normalized spacial score (nSPS) is 22.4. The molecule has 1 saturated carbocycles. The van der Waals surface area contributed by atoms with Crippen molar-refractivity contribution >= 4 is 35.6 Å². The van der Waals surface area contributed by atoms with Crippen LogP contribution in [0.2, 0.25) is 5.02 Å². The zero-order valence-electron chi connectivity index (χ0n) is 30.2. The van der Waals surface area contributed by atoms with Gasteiger partial charge in [0.1, 0.15) is 23.9 Å². The average Bonchev–Trinajstić information content (AvgIpc) is 3.79. The highest BCUT2D eigenvalue weighted by atomic mass is 35.5. The number of ether oxygens (including phenoxy) is 5. The van der Waals surface area contributed by atoms with E-state index in [4.69, 9.17) is 40.4 Å². The number of nitrogens with one attached hydrogen (secondary N) is 2. The first-order chi connectivity index (χ1) is 24.8. The minimum absolute atomic E-state index is 0. The van der Waals surface area contributed by atoms with Crippen molar-refractivity contribution in [3.05, 3.63) is 48.1 Å². The van der Waals surface area contributed by atoms with Gasteiger partial charge in [0, 0.05) is 51.2 Å². The van der Waals surface area contributed by atoms with Gasteiger partial charge < -0.3 is 34.3 Å². The summed E-state index contributed by atoms with van der Waals surface area (Å²) in [7, 11) is 1.66. The van der Waals surface area contributed by atoms with Crippen molar-refractivity contribution in [3.63, 3.8) is 0 Å². The second-order valence-corrected chi connectivity index (χ2v) is 13.9. The van der Waals surface area contributed by atoms with Gasteiger partial charge in [0.2, 0.25) is 5.95 Å². The van der Waals surface area contributed by atoms with Gasteiger partial charge in [-0.25, -0.2) is 14.6 Å². The summed E-state index contributed by atoms with van der Waals surface area (Å²) in [5.41, 5.74) is 2.25. The Morgan fingerprint density at radius 1 is 1.10 bits per heavy atom. The van der Waals surface area contributed by atoms with Crippen LogP contribution in [-0.2, 0) is 20.8 Å².